The first-order valence-corrected chi connectivity index (χ1v) is 1.79. The molecule has 0 aromatic rings. The van der Waals surface area contributed by atoms with Crippen LogP contribution in [-0.2, 0) is 0 Å². The summed E-state index contributed by atoms with van der Waals surface area (Å²) < 4.78 is 0. The first kappa shape index (κ1) is 15.8. The van der Waals surface area contributed by atoms with Crippen LogP contribution in [0, 0.1) is 0 Å². The molecule has 0 aromatic carbocycles. The van der Waals surface area contributed by atoms with Gasteiger partial charge in [0.25, 0.3) is 0 Å². The van der Waals surface area contributed by atoms with Gasteiger partial charge in [-0.1, -0.05) is 0 Å². The normalized spacial score (nSPS) is 5.14. The molecule has 0 fully saturated rings. The molecule has 0 aromatic heterocycles. The van der Waals surface area contributed by atoms with Crippen molar-refractivity contribution in [2.75, 3.05) is 28.2 Å². The smallest absolute Gasteiger partial charge is 0.668 e. The summed E-state index contributed by atoms with van der Waals surface area (Å²) in [6.45, 7) is 0. The minimum atomic E-state index is 0. The van der Waals surface area contributed by atoms with E-state index in [1.807, 2.05) is 0 Å². The van der Waals surface area contributed by atoms with Gasteiger partial charge in [-0.05, 0) is 0 Å². The van der Waals surface area contributed by atoms with Gasteiger partial charge >= 0.3 is 45.5 Å². The van der Waals surface area contributed by atoms with E-state index >= 15 is 0 Å². The quantitative estimate of drug-likeness (QED) is 0.489. The minimum Gasteiger partial charge on any atom is -0.668 e. The van der Waals surface area contributed by atoms with E-state index in [1.165, 1.54) is 0 Å². The Kier molecular flexibility index (Phi) is 59.1. The Hall–Kier alpha value is 1.40. The van der Waals surface area contributed by atoms with Gasteiger partial charge in [0.1, 0.15) is 0 Å². The SMILES string of the molecule is C[N-]C.C[N-]C.[Sr+2]. The van der Waals surface area contributed by atoms with Crippen LogP contribution in [-0.4, -0.2) is 73.7 Å². The van der Waals surface area contributed by atoms with Crippen molar-refractivity contribution in [1.82, 2.24) is 0 Å². The van der Waals surface area contributed by atoms with Crippen molar-refractivity contribution in [3.63, 3.8) is 0 Å². The Morgan fingerprint density at radius 2 is 0.714 bits per heavy atom. The molecule has 0 rings (SSSR count). The van der Waals surface area contributed by atoms with E-state index in [4.69, 9.17) is 0 Å². The van der Waals surface area contributed by atoms with Crippen molar-refractivity contribution < 1.29 is 0 Å². The van der Waals surface area contributed by atoms with Gasteiger partial charge in [-0.3, -0.25) is 0 Å². The molecule has 0 atom stereocenters. The third kappa shape index (κ3) is 110. The zero-order valence-electron chi connectivity index (χ0n) is 5.60. The van der Waals surface area contributed by atoms with Gasteiger partial charge in [0, 0.05) is 0 Å². The van der Waals surface area contributed by atoms with E-state index < -0.39 is 0 Å². The van der Waals surface area contributed by atoms with Crippen molar-refractivity contribution in [3.05, 3.63) is 10.6 Å². The molecule has 40 valence electrons. The summed E-state index contributed by atoms with van der Waals surface area (Å²) in [7, 11) is 7.00. The van der Waals surface area contributed by atoms with Gasteiger partial charge in [0.15, 0.2) is 0 Å². The van der Waals surface area contributed by atoms with Crippen molar-refractivity contribution in [2.24, 2.45) is 0 Å². The number of hydrogen-bond acceptors (Lipinski definition) is 0. The van der Waals surface area contributed by atoms with Crippen LogP contribution in [0.25, 0.3) is 10.6 Å². The van der Waals surface area contributed by atoms with Gasteiger partial charge < -0.3 is 10.6 Å². The van der Waals surface area contributed by atoms with Gasteiger partial charge in [-0.25, -0.2) is 0 Å². The standard InChI is InChI=1S/2C2H6N.Sr/c2*1-3-2;/h2*1-2H3;/q2*-1;+2. The van der Waals surface area contributed by atoms with Gasteiger partial charge in [0.05, 0.1) is 0 Å². The Labute approximate surface area is 83.3 Å². The first-order chi connectivity index (χ1) is 2.83. The van der Waals surface area contributed by atoms with Gasteiger partial charge in [-0.2, -0.15) is 28.2 Å². The van der Waals surface area contributed by atoms with Crippen molar-refractivity contribution in [3.8, 4) is 0 Å². The molecule has 0 bridgehead atoms. The molecule has 0 unspecified atom stereocenters. The summed E-state index contributed by atoms with van der Waals surface area (Å²) in [5, 5.41) is 7.00. The van der Waals surface area contributed by atoms with Crippen molar-refractivity contribution in [2.45, 2.75) is 0 Å². The maximum Gasteiger partial charge on any atom is 2.00 e. The van der Waals surface area contributed by atoms with Crippen LogP contribution < -0.4 is 0 Å². The van der Waals surface area contributed by atoms with Crippen LogP contribution in [0.5, 0.6) is 0 Å². The zero-order valence-corrected chi connectivity index (χ0v) is 9.08. The summed E-state index contributed by atoms with van der Waals surface area (Å²) in [6.07, 6.45) is 0. The largest absolute Gasteiger partial charge is 2.00 e. The van der Waals surface area contributed by atoms with Gasteiger partial charge in [-0.15, -0.1) is 0 Å². The molecule has 0 aliphatic carbocycles. The summed E-state index contributed by atoms with van der Waals surface area (Å²) in [5.41, 5.74) is 0. The average molecular weight is 176 g/mol. The minimum absolute atomic E-state index is 0. The average Bonchev–Trinajstić information content (AvgIpc) is 1.39. The fraction of sp³-hybridized carbons (Fsp3) is 1.00. The Morgan fingerprint density at radius 1 is 0.714 bits per heavy atom. The molecular weight excluding hydrogens is 164 g/mol. The molecule has 3 heteroatoms. The van der Waals surface area contributed by atoms with Crippen LogP contribution in [0.15, 0.2) is 0 Å². The second kappa shape index (κ2) is 26.2. The maximum atomic E-state index is 3.50. The van der Waals surface area contributed by atoms with E-state index in [-0.39, 0.29) is 45.5 Å². The molecule has 2 nitrogen and oxygen atoms in total. The molecule has 7 heavy (non-hydrogen) atoms. The topological polar surface area (TPSA) is 28.2 Å². The fourth-order valence-electron chi connectivity index (χ4n) is 0. The molecular formula is C4H12N2Sr. The van der Waals surface area contributed by atoms with Crippen LogP contribution >= 0.6 is 0 Å². The predicted octanol–water partition coefficient (Wildman–Crippen LogP) is 0.859. The number of nitrogens with zero attached hydrogens (tertiary/aromatic N) is 2. The Morgan fingerprint density at radius 3 is 0.714 bits per heavy atom. The van der Waals surface area contributed by atoms with E-state index in [0.29, 0.717) is 0 Å². The summed E-state index contributed by atoms with van der Waals surface area (Å²) in [6, 6.07) is 0. The third-order valence-electron chi connectivity index (χ3n) is 0. The van der Waals surface area contributed by atoms with Crippen LogP contribution in [0.2, 0.25) is 0 Å². The molecule has 0 aliphatic heterocycles. The van der Waals surface area contributed by atoms with Crippen molar-refractivity contribution >= 4 is 45.5 Å². The third-order valence-corrected chi connectivity index (χ3v) is 0. The molecule has 0 spiro atoms. The molecule has 0 radical (unpaired) electrons. The first-order valence-electron chi connectivity index (χ1n) is 1.79. The van der Waals surface area contributed by atoms with Crippen LogP contribution in [0.3, 0.4) is 0 Å². The molecule has 0 amide bonds. The number of rotatable bonds is 0. The van der Waals surface area contributed by atoms with E-state index in [1.54, 1.807) is 28.2 Å². The summed E-state index contributed by atoms with van der Waals surface area (Å²) in [4.78, 5) is 0. The van der Waals surface area contributed by atoms with Crippen molar-refractivity contribution in [1.29, 1.82) is 0 Å². The molecule has 0 saturated heterocycles. The Bertz CT molecular complexity index is 11.7. The fourth-order valence-corrected chi connectivity index (χ4v) is 0. The maximum absolute atomic E-state index is 3.50. The Balaban J connectivity index is -0.0000000400. The summed E-state index contributed by atoms with van der Waals surface area (Å²) >= 11 is 0. The van der Waals surface area contributed by atoms with E-state index in [2.05, 4.69) is 10.6 Å². The second-order valence-electron chi connectivity index (χ2n) is 0.894. The monoisotopic (exact) mass is 176 g/mol. The van der Waals surface area contributed by atoms with E-state index in [9.17, 15) is 0 Å². The zero-order chi connectivity index (χ0) is 5.41. The molecule has 0 N–H and O–H groups in total. The number of hydrogen-bond donors (Lipinski definition) is 0. The van der Waals surface area contributed by atoms with E-state index in [0.717, 1.165) is 0 Å². The van der Waals surface area contributed by atoms with Crippen LogP contribution in [0.1, 0.15) is 0 Å². The molecule has 0 aliphatic rings. The van der Waals surface area contributed by atoms with Gasteiger partial charge in [0.2, 0.25) is 0 Å². The predicted molar refractivity (Wildman–Crippen MR) is 36.2 cm³/mol. The molecule has 0 heterocycles. The van der Waals surface area contributed by atoms with Crippen LogP contribution in [0.4, 0.5) is 0 Å². The molecule has 0 saturated carbocycles. The second-order valence-corrected chi connectivity index (χ2v) is 0.894. The summed E-state index contributed by atoms with van der Waals surface area (Å²) in [5.74, 6) is 0.